The van der Waals surface area contributed by atoms with E-state index in [1.807, 2.05) is 4.98 Å². The van der Waals surface area contributed by atoms with Crippen molar-refractivity contribution < 1.29 is 14.7 Å². The highest BCUT2D eigenvalue weighted by Gasteiger charge is 2.12. The van der Waals surface area contributed by atoms with Crippen LogP contribution in [-0.2, 0) is 0 Å². The molecular weight excluding hydrogens is 346 g/mol. The molecule has 0 unspecified atom stereocenters. The molecule has 1 aromatic heterocycles. The first-order valence-electron chi connectivity index (χ1n) is 5.54. The predicted octanol–water partition coefficient (Wildman–Crippen LogP) is 0.776. The second kappa shape index (κ2) is 5.75. The van der Waals surface area contributed by atoms with E-state index in [2.05, 4.69) is 26.2 Å². The van der Waals surface area contributed by atoms with Crippen LogP contribution in [0.15, 0.2) is 38.3 Å². The Morgan fingerprint density at radius 2 is 1.86 bits per heavy atom. The highest BCUT2D eigenvalue weighted by atomic mass is 79.9. The zero-order valence-electron chi connectivity index (χ0n) is 10.3. The Morgan fingerprint density at radius 3 is 2.43 bits per heavy atom. The molecule has 9 heteroatoms. The van der Waals surface area contributed by atoms with Crippen LogP contribution >= 0.6 is 15.9 Å². The number of anilines is 1. The molecule has 4 N–H and O–H groups in total. The van der Waals surface area contributed by atoms with Crippen LogP contribution in [-0.4, -0.2) is 27.0 Å². The highest BCUT2D eigenvalue weighted by Crippen LogP contribution is 2.24. The molecule has 0 radical (unpaired) electrons. The Bertz CT molecular complexity index is 811. The minimum atomic E-state index is -1.10. The van der Waals surface area contributed by atoms with Gasteiger partial charge in [-0.3, -0.25) is 14.6 Å². The predicted molar refractivity (Wildman–Crippen MR) is 76.7 cm³/mol. The van der Waals surface area contributed by atoms with E-state index in [0.29, 0.717) is 10.2 Å². The van der Waals surface area contributed by atoms with Gasteiger partial charge < -0.3 is 15.4 Å². The molecular formula is C12H8BrN3O5. The third-order valence-electron chi connectivity index (χ3n) is 2.47. The van der Waals surface area contributed by atoms with Gasteiger partial charge in [-0.1, -0.05) is 0 Å². The number of aromatic amines is 2. The van der Waals surface area contributed by atoms with Gasteiger partial charge in [0.15, 0.2) is 0 Å². The molecule has 0 atom stereocenters. The molecule has 0 spiro atoms. The first-order chi connectivity index (χ1) is 9.86. The largest absolute Gasteiger partial charge is 0.478 e. The van der Waals surface area contributed by atoms with Gasteiger partial charge in [0, 0.05) is 10.5 Å². The van der Waals surface area contributed by atoms with Crippen molar-refractivity contribution in [1.82, 2.24) is 9.97 Å². The number of hydrogen-bond acceptors (Lipinski definition) is 4. The van der Waals surface area contributed by atoms with Crippen molar-refractivity contribution in [1.29, 1.82) is 0 Å². The van der Waals surface area contributed by atoms with Gasteiger partial charge in [0.25, 0.3) is 11.5 Å². The number of hydrogen-bond donors (Lipinski definition) is 4. The number of halogens is 1. The number of nitrogens with one attached hydrogen (secondary N) is 3. The summed E-state index contributed by atoms with van der Waals surface area (Å²) >= 11 is 3.13. The fourth-order valence-corrected chi connectivity index (χ4v) is 2.01. The molecule has 0 saturated carbocycles. The molecule has 0 saturated heterocycles. The molecule has 1 aromatic carbocycles. The number of carboxylic acid groups (broad SMARTS) is 1. The Labute approximate surface area is 125 Å². The normalized spacial score (nSPS) is 10.1. The lowest BCUT2D eigenvalue weighted by Crippen LogP contribution is -2.27. The van der Waals surface area contributed by atoms with Crippen molar-refractivity contribution in [2.75, 3.05) is 5.32 Å². The van der Waals surface area contributed by atoms with Crippen molar-refractivity contribution in [3.63, 3.8) is 0 Å². The minimum absolute atomic E-state index is 0.0458. The van der Waals surface area contributed by atoms with Crippen LogP contribution in [0.5, 0.6) is 0 Å². The maximum Gasteiger partial charge on any atom is 0.335 e. The number of aromatic carboxylic acids is 1. The standard InChI is InChI=1S/C12H8BrN3O5/c13-6-3-5(11(19)20)1-2-7(6)14-10(18)8-4-9(17)16-12(21)15-8/h1-4H,(H,14,18)(H,19,20)(H2,15,16,17,21). The first kappa shape index (κ1) is 14.7. The Morgan fingerprint density at radius 1 is 1.14 bits per heavy atom. The van der Waals surface area contributed by atoms with E-state index >= 15 is 0 Å². The smallest absolute Gasteiger partial charge is 0.335 e. The summed E-state index contributed by atoms with van der Waals surface area (Å²) in [6.07, 6.45) is 0. The number of benzene rings is 1. The van der Waals surface area contributed by atoms with Gasteiger partial charge >= 0.3 is 11.7 Å². The van der Waals surface area contributed by atoms with E-state index in [0.717, 1.165) is 6.07 Å². The summed E-state index contributed by atoms with van der Waals surface area (Å²) in [5, 5.41) is 11.3. The molecule has 1 heterocycles. The molecule has 0 fully saturated rings. The molecule has 8 nitrogen and oxygen atoms in total. The molecule has 0 aliphatic heterocycles. The zero-order valence-corrected chi connectivity index (χ0v) is 11.9. The van der Waals surface area contributed by atoms with Crippen LogP contribution in [0.2, 0.25) is 0 Å². The quantitative estimate of drug-likeness (QED) is 0.647. The molecule has 21 heavy (non-hydrogen) atoms. The summed E-state index contributed by atoms with van der Waals surface area (Å²) in [6.45, 7) is 0. The lowest BCUT2D eigenvalue weighted by atomic mass is 10.2. The monoisotopic (exact) mass is 353 g/mol. The maximum absolute atomic E-state index is 11.9. The SMILES string of the molecule is O=C(O)c1ccc(NC(=O)c2cc(=O)[nH]c(=O)[nH]2)c(Br)c1. The molecule has 2 aromatic rings. The average Bonchev–Trinajstić information content (AvgIpc) is 2.39. The van der Waals surface area contributed by atoms with Gasteiger partial charge in [-0.2, -0.15) is 0 Å². The summed E-state index contributed by atoms with van der Waals surface area (Å²) in [7, 11) is 0. The van der Waals surface area contributed by atoms with Crippen molar-refractivity contribution in [3.8, 4) is 0 Å². The highest BCUT2D eigenvalue weighted by molar-refractivity contribution is 9.10. The van der Waals surface area contributed by atoms with Gasteiger partial charge in [-0.25, -0.2) is 9.59 Å². The van der Waals surface area contributed by atoms with Gasteiger partial charge in [0.05, 0.1) is 11.3 Å². The average molecular weight is 354 g/mol. The van der Waals surface area contributed by atoms with E-state index in [9.17, 15) is 19.2 Å². The van der Waals surface area contributed by atoms with E-state index in [1.54, 1.807) is 0 Å². The van der Waals surface area contributed by atoms with E-state index in [1.165, 1.54) is 18.2 Å². The number of carbonyl (C=O) groups is 2. The number of carbonyl (C=O) groups excluding carboxylic acids is 1. The minimum Gasteiger partial charge on any atom is -0.478 e. The number of H-pyrrole nitrogens is 2. The van der Waals surface area contributed by atoms with Crippen LogP contribution in [0.3, 0.4) is 0 Å². The van der Waals surface area contributed by atoms with E-state index in [4.69, 9.17) is 5.11 Å². The Balaban J connectivity index is 2.29. The molecule has 1 amide bonds. The van der Waals surface area contributed by atoms with Crippen LogP contribution in [0, 0.1) is 0 Å². The first-order valence-corrected chi connectivity index (χ1v) is 6.34. The molecule has 2 rings (SSSR count). The Kier molecular flexibility index (Phi) is 4.03. The summed E-state index contributed by atoms with van der Waals surface area (Å²) in [5.74, 6) is -1.81. The fourth-order valence-electron chi connectivity index (χ4n) is 1.53. The maximum atomic E-state index is 11.9. The topological polar surface area (TPSA) is 132 Å². The van der Waals surface area contributed by atoms with Crippen LogP contribution in [0.1, 0.15) is 20.8 Å². The second-order valence-electron chi connectivity index (χ2n) is 3.96. The van der Waals surface area contributed by atoms with Crippen molar-refractivity contribution in [3.05, 3.63) is 60.8 Å². The summed E-state index contributed by atoms with van der Waals surface area (Å²) < 4.78 is 0.350. The molecule has 0 aliphatic carbocycles. The number of aromatic nitrogens is 2. The lowest BCUT2D eigenvalue weighted by Gasteiger charge is -2.07. The van der Waals surface area contributed by atoms with Crippen molar-refractivity contribution in [2.45, 2.75) is 0 Å². The third-order valence-corrected chi connectivity index (χ3v) is 3.13. The lowest BCUT2D eigenvalue weighted by molar-refractivity contribution is 0.0696. The number of amides is 1. The fraction of sp³-hybridized carbons (Fsp3) is 0. The number of carboxylic acids is 1. The van der Waals surface area contributed by atoms with Crippen molar-refractivity contribution >= 4 is 33.5 Å². The van der Waals surface area contributed by atoms with Gasteiger partial charge in [-0.15, -0.1) is 0 Å². The van der Waals surface area contributed by atoms with Crippen molar-refractivity contribution in [2.24, 2.45) is 0 Å². The summed E-state index contributed by atoms with van der Waals surface area (Å²) in [6, 6.07) is 4.95. The second-order valence-corrected chi connectivity index (χ2v) is 4.81. The van der Waals surface area contributed by atoms with Crippen LogP contribution in [0.25, 0.3) is 0 Å². The van der Waals surface area contributed by atoms with Crippen LogP contribution < -0.4 is 16.6 Å². The Hall–Kier alpha value is -2.68. The van der Waals surface area contributed by atoms with Gasteiger partial charge in [0.1, 0.15) is 5.69 Å². The molecule has 0 bridgehead atoms. The van der Waals surface area contributed by atoms with Crippen LogP contribution in [0.4, 0.5) is 5.69 Å². The molecule has 108 valence electrons. The van der Waals surface area contributed by atoms with E-state index < -0.39 is 23.1 Å². The summed E-state index contributed by atoms with van der Waals surface area (Å²) in [5.41, 5.74) is -1.37. The van der Waals surface area contributed by atoms with Gasteiger partial charge in [-0.05, 0) is 34.1 Å². The van der Waals surface area contributed by atoms with Gasteiger partial charge in [0.2, 0.25) is 0 Å². The zero-order chi connectivity index (χ0) is 15.6. The molecule has 0 aliphatic rings. The number of rotatable bonds is 3. The third kappa shape index (κ3) is 3.45. The van der Waals surface area contributed by atoms with E-state index in [-0.39, 0.29) is 11.3 Å². The summed E-state index contributed by atoms with van der Waals surface area (Å²) in [4.78, 5) is 49.1.